The number of aromatic amines is 1. The number of H-pyrrole nitrogens is 1. The Morgan fingerprint density at radius 2 is 2.00 bits per heavy atom. The molecule has 0 saturated carbocycles. The fourth-order valence-corrected chi connectivity index (χ4v) is 2.90. The summed E-state index contributed by atoms with van der Waals surface area (Å²) in [5.41, 5.74) is 1.47. The van der Waals surface area contributed by atoms with E-state index in [1.165, 1.54) is 12.4 Å². The molecule has 3 aromatic heterocycles. The van der Waals surface area contributed by atoms with Gasteiger partial charge in [-0.3, -0.25) is 0 Å². The second-order valence-electron chi connectivity index (χ2n) is 6.02. The maximum atomic E-state index is 14.2. The molecule has 0 aliphatic carbocycles. The van der Waals surface area contributed by atoms with Gasteiger partial charge in [0, 0.05) is 26.4 Å². The number of pyridine rings is 1. The standard InChI is InChI=1S/C18H15ClFN7/c1-27(2)14-8-13(22-9-23-14)25-18-16-12(6-7-21-18)24-17(26-16)15-10(19)4-3-5-11(15)20/h3-9H,1-2H3,(H,24,26)(H,21,22,23,25). The van der Waals surface area contributed by atoms with Gasteiger partial charge in [0.25, 0.3) is 0 Å². The normalized spacial score (nSPS) is 11.0. The van der Waals surface area contributed by atoms with E-state index >= 15 is 0 Å². The van der Waals surface area contributed by atoms with Crippen LogP contribution in [0, 0.1) is 5.82 Å². The first-order valence-electron chi connectivity index (χ1n) is 8.08. The van der Waals surface area contributed by atoms with Crippen molar-refractivity contribution in [1.82, 2.24) is 24.9 Å². The third-order valence-electron chi connectivity index (χ3n) is 3.96. The summed E-state index contributed by atoms with van der Waals surface area (Å²) >= 11 is 6.16. The molecule has 3 heterocycles. The smallest absolute Gasteiger partial charge is 0.159 e. The first-order valence-corrected chi connectivity index (χ1v) is 8.46. The molecule has 0 spiro atoms. The molecule has 0 amide bonds. The highest BCUT2D eigenvalue weighted by atomic mass is 35.5. The Morgan fingerprint density at radius 3 is 2.78 bits per heavy atom. The van der Waals surface area contributed by atoms with E-state index in [4.69, 9.17) is 11.6 Å². The van der Waals surface area contributed by atoms with Crippen molar-refractivity contribution >= 4 is 40.1 Å². The Kier molecular flexibility index (Phi) is 4.33. The van der Waals surface area contributed by atoms with Gasteiger partial charge in [-0.1, -0.05) is 17.7 Å². The van der Waals surface area contributed by atoms with Gasteiger partial charge in [0.1, 0.15) is 35.1 Å². The number of benzene rings is 1. The number of hydrogen-bond donors (Lipinski definition) is 2. The third kappa shape index (κ3) is 3.26. The molecular weight excluding hydrogens is 369 g/mol. The van der Waals surface area contributed by atoms with Crippen LogP contribution >= 0.6 is 11.6 Å². The van der Waals surface area contributed by atoms with Crippen molar-refractivity contribution in [2.75, 3.05) is 24.3 Å². The SMILES string of the molecule is CN(C)c1cc(Nc2nccc3[nH]c(-c4c(F)cccc4Cl)nc23)ncn1. The lowest BCUT2D eigenvalue weighted by molar-refractivity contribution is 0.630. The van der Waals surface area contributed by atoms with E-state index in [9.17, 15) is 4.39 Å². The van der Waals surface area contributed by atoms with E-state index in [2.05, 4.69) is 30.2 Å². The molecule has 0 aliphatic rings. The lowest BCUT2D eigenvalue weighted by atomic mass is 10.2. The number of imidazole rings is 1. The number of aromatic nitrogens is 5. The maximum Gasteiger partial charge on any atom is 0.159 e. The van der Waals surface area contributed by atoms with E-state index in [-0.39, 0.29) is 10.6 Å². The van der Waals surface area contributed by atoms with Crippen molar-refractivity contribution in [3.05, 3.63) is 53.7 Å². The number of fused-ring (bicyclic) bond motifs is 1. The average Bonchev–Trinajstić information content (AvgIpc) is 3.06. The quantitative estimate of drug-likeness (QED) is 0.554. The number of nitrogens with zero attached hydrogens (tertiary/aromatic N) is 5. The van der Waals surface area contributed by atoms with Crippen molar-refractivity contribution in [2.45, 2.75) is 0 Å². The van der Waals surface area contributed by atoms with Gasteiger partial charge in [0.15, 0.2) is 5.82 Å². The summed E-state index contributed by atoms with van der Waals surface area (Å²) < 4.78 is 14.2. The van der Waals surface area contributed by atoms with Crippen LogP contribution in [0.4, 0.5) is 21.8 Å². The first kappa shape index (κ1) is 17.2. The Bertz CT molecular complexity index is 1110. The highest BCUT2D eigenvalue weighted by molar-refractivity contribution is 6.33. The third-order valence-corrected chi connectivity index (χ3v) is 4.27. The van der Waals surface area contributed by atoms with Crippen LogP contribution in [0.1, 0.15) is 0 Å². The van der Waals surface area contributed by atoms with Gasteiger partial charge in [-0.2, -0.15) is 0 Å². The van der Waals surface area contributed by atoms with Crippen LogP contribution in [0.3, 0.4) is 0 Å². The zero-order valence-electron chi connectivity index (χ0n) is 14.5. The number of hydrogen-bond acceptors (Lipinski definition) is 6. The van der Waals surface area contributed by atoms with E-state index in [0.717, 1.165) is 5.82 Å². The molecule has 7 nitrogen and oxygen atoms in total. The summed E-state index contributed by atoms with van der Waals surface area (Å²) in [7, 11) is 3.78. The fourth-order valence-electron chi connectivity index (χ4n) is 2.65. The van der Waals surface area contributed by atoms with Crippen LogP contribution in [0.5, 0.6) is 0 Å². The molecule has 9 heteroatoms. The number of rotatable bonds is 4. The topological polar surface area (TPSA) is 82.6 Å². The number of nitrogens with one attached hydrogen (secondary N) is 2. The number of halogens is 2. The lowest BCUT2D eigenvalue weighted by Crippen LogP contribution is -2.11. The van der Waals surface area contributed by atoms with Gasteiger partial charge in [-0.25, -0.2) is 24.3 Å². The molecule has 0 aliphatic heterocycles. The fraction of sp³-hybridized carbons (Fsp3) is 0.111. The largest absolute Gasteiger partial charge is 0.363 e. The van der Waals surface area contributed by atoms with Crippen LogP contribution in [-0.2, 0) is 0 Å². The summed E-state index contributed by atoms with van der Waals surface area (Å²) in [5.74, 6) is 1.70. The molecule has 136 valence electrons. The van der Waals surface area contributed by atoms with Gasteiger partial charge in [0.05, 0.1) is 16.1 Å². The first-order chi connectivity index (χ1) is 13.0. The molecule has 2 N–H and O–H groups in total. The summed E-state index contributed by atoms with van der Waals surface area (Å²) in [4.78, 5) is 22.2. The van der Waals surface area contributed by atoms with Crippen molar-refractivity contribution in [3.63, 3.8) is 0 Å². The van der Waals surface area contributed by atoms with Crippen molar-refractivity contribution in [2.24, 2.45) is 0 Å². The summed E-state index contributed by atoms with van der Waals surface area (Å²) in [6, 6.07) is 8.07. The van der Waals surface area contributed by atoms with Crippen molar-refractivity contribution in [3.8, 4) is 11.4 Å². The zero-order valence-corrected chi connectivity index (χ0v) is 15.3. The minimum atomic E-state index is -0.449. The van der Waals surface area contributed by atoms with Crippen LogP contribution in [0.15, 0.2) is 42.9 Å². The van der Waals surface area contributed by atoms with Crippen molar-refractivity contribution < 1.29 is 4.39 Å². The molecule has 0 radical (unpaired) electrons. The summed E-state index contributed by atoms with van der Waals surface area (Å²) in [6.45, 7) is 0. The predicted octanol–water partition coefficient (Wildman–Crippen LogP) is 4.02. The van der Waals surface area contributed by atoms with E-state index in [1.807, 2.05) is 19.0 Å². The molecule has 1 aromatic carbocycles. The molecule has 0 atom stereocenters. The molecule has 0 bridgehead atoms. The zero-order chi connectivity index (χ0) is 19.0. The minimum absolute atomic E-state index is 0.221. The van der Waals surface area contributed by atoms with Crippen LogP contribution in [0.25, 0.3) is 22.4 Å². The lowest BCUT2D eigenvalue weighted by Gasteiger charge is -2.12. The highest BCUT2D eigenvalue weighted by Gasteiger charge is 2.16. The van der Waals surface area contributed by atoms with Gasteiger partial charge >= 0.3 is 0 Å². The van der Waals surface area contributed by atoms with Crippen LogP contribution in [-0.4, -0.2) is 39.0 Å². The van der Waals surface area contributed by atoms with Crippen LogP contribution in [0.2, 0.25) is 5.02 Å². The van der Waals surface area contributed by atoms with Gasteiger partial charge in [-0.15, -0.1) is 0 Å². The Labute approximate surface area is 159 Å². The van der Waals surface area contributed by atoms with Crippen LogP contribution < -0.4 is 10.2 Å². The molecule has 0 unspecified atom stereocenters. The second-order valence-corrected chi connectivity index (χ2v) is 6.43. The van der Waals surface area contributed by atoms with Crippen molar-refractivity contribution in [1.29, 1.82) is 0 Å². The molecule has 27 heavy (non-hydrogen) atoms. The predicted molar refractivity (Wildman–Crippen MR) is 104 cm³/mol. The Morgan fingerprint density at radius 1 is 1.15 bits per heavy atom. The highest BCUT2D eigenvalue weighted by Crippen LogP contribution is 2.31. The molecule has 4 rings (SSSR count). The van der Waals surface area contributed by atoms with Gasteiger partial charge < -0.3 is 15.2 Å². The second kappa shape index (κ2) is 6.81. The number of anilines is 3. The van der Waals surface area contributed by atoms with E-state index < -0.39 is 5.82 Å². The summed E-state index contributed by atoms with van der Waals surface area (Å²) in [6.07, 6.45) is 3.09. The molecular formula is C18H15ClFN7. The van der Waals surface area contributed by atoms with Gasteiger partial charge in [-0.05, 0) is 18.2 Å². The average molecular weight is 384 g/mol. The van der Waals surface area contributed by atoms with E-state index in [1.54, 1.807) is 30.5 Å². The Balaban J connectivity index is 1.77. The molecule has 0 fully saturated rings. The molecule has 4 aromatic rings. The van der Waals surface area contributed by atoms with Gasteiger partial charge in [0.2, 0.25) is 0 Å². The Hall–Kier alpha value is -3.26. The maximum absolute atomic E-state index is 14.2. The molecule has 0 saturated heterocycles. The minimum Gasteiger partial charge on any atom is -0.363 e. The monoisotopic (exact) mass is 383 g/mol. The summed E-state index contributed by atoms with van der Waals surface area (Å²) in [5, 5.41) is 3.42. The van der Waals surface area contributed by atoms with E-state index in [0.29, 0.717) is 28.5 Å².